The van der Waals surface area contributed by atoms with Crippen molar-refractivity contribution >= 4 is 43.7 Å². The number of rotatable bonds is 4. The van der Waals surface area contributed by atoms with Crippen LogP contribution in [0.3, 0.4) is 0 Å². The molecule has 0 spiro atoms. The highest BCUT2D eigenvalue weighted by Crippen LogP contribution is 2.41. The molecule has 0 aliphatic carbocycles. The van der Waals surface area contributed by atoms with E-state index >= 15 is 0 Å². The van der Waals surface area contributed by atoms with Gasteiger partial charge in [-0.25, -0.2) is 4.98 Å². The topological polar surface area (TPSA) is 56.7 Å². The second kappa shape index (κ2) is 9.75. The minimum Gasteiger partial charge on any atom is -0.456 e. The Balaban J connectivity index is 1.35. The molecule has 9 rings (SSSR count). The summed E-state index contributed by atoms with van der Waals surface area (Å²) in [6.07, 6.45) is 0. The molecular weight excluding hydrogens is 540 g/mol. The molecule has 0 bridgehead atoms. The summed E-state index contributed by atoms with van der Waals surface area (Å²) in [5, 5.41) is 4.43. The van der Waals surface area contributed by atoms with E-state index in [1.807, 2.05) is 48.5 Å². The van der Waals surface area contributed by atoms with E-state index in [0.29, 0.717) is 17.6 Å². The van der Waals surface area contributed by atoms with Crippen LogP contribution in [0.1, 0.15) is 0 Å². The summed E-state index contributed by atoms with van der Waals surface area (Å²) >= 11 is 0. The zero-order chi connectivity index (χ0) is 29.0. The maximum absolute atomic E-state index is 6.28. The van der Waals surface area contributed by atoms with Crippen molar-refractivity contribution in [2.24, 2.45) is 0 Å². The number of hydrogen-bond donors (Lipinski definition) is 0. The van der Waals surface area contributed by atoms with Crippen molar-refractivity contribution in [3.05, 3.63) is 146 Å². The van der Waals surface area contributed by atoms with Gasteiger partial charge in [0.1, 0.15) is 11.2 Å². The summed E-state index contributed by atoms with van der Waals surface area (Å²) < 4.78 is 8.43. The van der Waals surface area contributed by atoms with E-state index < -0.39 is 0 Å². The SMILES string of the molecule is c1ccc(-c2cccc(-c3nc(-c4ccccc4)nc(-n4c5ccccc5c5c6c(ccc54)oc4ccccc46)n3)c2)cc1. The summed E-state index contributed by atoms with van der Waals surface area (Å²) in [6, 6.07) is 49.7. The van der Waals surface area contributed by atoms with E-state index in [1.165, 1.54) is 0 Å². The summed E-state index contributed by atoms with van der Waals surface area (Å²) in [5.41, 5.74) is 7.88. The lowest BCUT2D eigenvalue weighted by molar-refractivity contribution is 0.669. The molecule has 5 heteroatoms. The van der Waals surface area contributed by atoms with E-state index in [0.717, 1.165) is 66.0 Å². The smallest absolute Gasteiger partial charge is 0.238 e. The minimum atomic E-state index is 0.567. The van der Waals surface area contributed by atoms with E-state index in [1.54, 1.807) is 0 Å². The molecule has 0 N–H and O–H groups in total. The van der Waals surface area contributed by atoms with E-state index in [4.69, 9.17) is 19.4 Å². The average molecular weight is 565 g/mol. The van der Waals surface area contributed by atoms with Gasteiger partial charge in [0, 0.05) is 32.7 Å². The van der Waals surface area contributed by atoms with Crippen molar-refractivity contribution in [1.29, 1.82) is 0 Å². The molecular formula is C39H24N4O. The fraction of sp³-hybridized carbons (Fsp3) is 0. The molecule has 3 heterocycles. The molecule has 44 heavy (non-hydrogen) atoms. The Morgan fingerprint density at radius 3 is 1.86 bits per heavy atom. The second-order valence-electron chi connectivity index (χ2n) is 10.9. The molecule has 0 saturated carbocycles. The molecule has 0 atom stereocenters. The third-order valence-electron chi connectivity index (χ3n) is 8.26. The van der Waals surface area contributed by atoms with Gasteiger partial charge in [-0.15, -0.1) is 0 Å². The van der Waals surface area contributed by atoms with Gasteiger partial charge in [-0.1, -0.05) is 115 Å². The molecule has 9 aromatic rings. The zero-order valence-electron chi connectivity index (χ0n) is 23.6. The third-order valence-corrected chi connectivity index (χ3v) is 8.26. The Kier molecular flexibility index (Phi) is 5.43. The van der Waals surface area contributed by atoms with Crippen molar-refractivity contribution in [3.63, 3.8) is 0 Å². The van der Waals surface area contributed by atoms with E-state index in [2.05, 4.69) is 102 Å². The number of aromatic nitrogens is 4. The zero-order valence-corrected chi connectivity index (χ0v) is 23.6. The summed E-state index contributed by atoms with van der Waals surface area (Å²) in [6.45, 7) is 0. The van der Waals surface area contributed by atoms with Crippen molar-refractivity contribution in [2.45, 2.75) is 0 Å². The average Bonchev–Trinajstić information content (AvgIpc) is 3.64. The van der Waals surface area contributed by atoms with Crippen LogP contribution in [0.15, 0.2) is 150 Å². The minimum absolute atomic E-state index is 0.567. The van der Waals surface area contributed by atoms with Crippen molar-refractivity contribution in [3.8, 4) is 39.9 Å². The molecule has 0 unspecified atom stereocenters. The lowest BCUT2D eigenvalue weighted by Crippen LogP contribution is -2.06. The number of fused-ring (bicyclic) bond motifs is 7. The van der Waals surface area contributed by atoms with Crippen LogP contribution in [-0.2, 0) is 0 Å². The van der Waals surface area contributed by atoms with Crippen molar-refractivity contribution in [2.75, 3.05) is 0 Å². The lowest BCUT2D eigenvalue weighted by atomic mass is 10.0. The van der Waals surface area contributed by atoms with Crippen LogP contribution in [0.4, 0.5) is 0 Å². The molecule has 5 nitrogen and oxygen atoms in total. The number of furan rings is 1. The number of para-hydroxylation sites is 2. The quantitative estimate of drug-likeness (QED) is 0.213. The van der Waals surface area contributed by atoms with E-state index in [9.17, 15) is 0 Å². The van der Waals surface area contributed by atoms with Crippen LogP contribution in [0.2, 0.25) is 0 Å². The highest BCUT2D eigenvalue weighted by atomic mass is 16.3. The molecule has 0 aliphatic rings. The van der Waals surface area contributed by atoms with Gasteiger partial charge in [-0.05, 0) is 41.5 Å². The fourth-order valence-corrected chi connectivity index (χ4v) is 6.27. The highest BCUT2D eigenvalue weighted by molar-refractivity contribution is 6.27. The van der Waals surface area contributed by atoms with Gasteiger partial charge in [0.25, 0.3) is 0 Å². The van der Waals surface area contributed by atoms with Crippen LogP contribution in [-0.4, -0.2) is 19.5 Å². The summed E-state index contributed by atoms with van der Waals surface area (Å²) in [7, 11) is 0. The summed E-state index contributed by atoms with van der Waals surface area (Å²) in [5.74, 6) is 1.81. The molecule has 0 radical (unpaired) electrons. The second-order valence-corrected chi connectivity index (χ2v) is 10.9. The van der Waals surface area contributed by atoms with Crippen LogP contribution in [0.25, 0.3) is 83.6 Å². The predicted molar refractivity (Wildman–Crippen MR) is 178 cm³/mol. The van der Waals surface area contributed by atoms with Crippen molar-refractivity contribution < 1.29 is 4.42 Å². The van der Waals surface area contributed by atoms with Crippen molar-refractivity contribution in [1.82, 2.24) is 19.5 Å². The maximum atomic E-state index is 6.28. The van der Waals surface area contributed by atoms with Gasteiger partial charge in [-0.2, -0.15) is 9.97 Å². The molecule has 3 aromatic heterocycles. The van der Waals surface area contributed by atoms with Gasteiger partial charge >= 0.3 is 0 Å². The Morgan fingerprint density at radius 2 is 1.05 bits per heavy atom. The third kappa shape index (κ3) is 3.83. The standard InChI is InChI=1S/C39H24N4O/c1-3-12-25(13-4-1)27-16-11-17-28(24-27)38-40-37(26-14-5-2-6-15-26)41-39(42-38)43-31-20-9-7-18-29(31)35-32(43)22-23-34-36(35)30-19-8-10-21-33(30)44-34/h1-24H. The highest BCUT2D eigenvalue weighted by Gasteiger charge is 2.21. The first kappa shape index (κ1) is 24.5. The normalized spacial score (nSPS) is 11.6. The van der Waals surface area contributed by atoms with Gasteiger partial charge < -0.3 is 4.42 Å². The fourth-order valence-electron chi connectivity index (χ4n) is 6.27. The van der Waals surface area contributed by atoms with Crippen LogP contribution < -0.4 is 0 Å². The van der Waals surface area contributed by atoms with Gasteiger partial charge in [0.05, 0.1) is 11.0 Å². The Labute approximate surface area is 252 Å². The van der Waals surface area contributed by atoms with Gasteiger partial charge in [0.15, 0.2) is 11.6 Å². The first-order valence-corrected chi connectivity index (χ1v) is 14.6. The van der Waals surface area contributed by atoms with Crippen LogP contribution in [0, 0.1) is 0 Å². The monoisotopic (exact) mass is 564 g/mol. The number of benzene rings is 6. The van der Waals surface area contributed by atoms with Crippen LogP contribution in [0.5, 0.6) is 0 Å². The molecule has 0 fully saturated rings. The lowest BCUT2D eigenvalue weighted by Gasteiger charge is -2.11. The maximum Gasteiger partial charge on any atom is 0.238 e. The molecule has 206 valence electrons. The predicted octanol–water partition coefficient (Wildman–Crippen LogP) is 9.87. The van der Waals surface area contributed by atoms with Gasteiger partial charge in [-0.3, -0.25) is 4.57 Å². The molecule has 0 saturated heterocycles. The van der Waals surface area contributed by atoms with Crippen LogP contribution >= 0.6 is 0 Å². The Hall–Kier alpha value is -6.07. The first-order valence-electron chi connectivity index (χ1n) is 14.6. The Bertz CT molecular complexity index is 2490. The largest absolute Gasteiger partial charge is 0.456 e. The number of nitrogens with zero attached hydrogens (tertiary/aromatic N) is 4. The van der Waals surface area contributed by atoms with Gasteiger partial charge in [0.2, 0.25) is 5.95 Å². The number of hydrogen-bond acceptors (Lipinski definition) is 4. The molecule has 0 aliphatic heterocycles. The molecule has 6 aromatic carbocycles. The molecule has 0 amide bonds. The first-order chi connectivity index (χ1) is 21.8. The summed E-state index contributed by atoms with van der Waals surface area (Å²) in [4.78, 5) is 15.3. The van der Waals surface area contributed by atoms with E-state index in [-0.39, 0.29) is 0 Å². The Morgan fingerprint density at radius 1 is 0.409 bits per heavy atom.